The van der Waals surface area contributed by atoms with Crippen molar-refractivity contribution in [2.75, 3.05) is 13.1 Å². The van der Waals surface area contributed by atoms with Gasteiger partial charge in [-0.05, 0) is 20.3 Å². The first-order chi connectivity index (χ1) is 7.31. The number of hydrogen-bond donors (Lipinski definition) is 1. The topological polar surface area (TPSA) is 75.7 Å². The highest BCUT2D eigenvalue weighted by Gasteiger charge is 2.31. The number of hydrogen-bond acceptors (Lipinski definition) is 4. The van der Waals surface area contributed by atoms with Gasteiger partial charge in [0.1, 0.15) is 0 Å². The maximum absolute atomic E-state index is 11.6. The number of alkyl halides is 1. The van der Waals surface area contributed by atoms with Crippen LogP contribution in [0.4, 0.5) is 4.79 Å². The largest absolute Gasteiger partial charge is 0.446 e. The van der Waals surface area contributed by atoms with Gasteiger partial charge in [-0.3, -0.25) is 0 Å². The highest BCUT2D eigenvalue weighted by atomic mass is 35.5. The molecule has 0 radical (unpaired) electrons. The number of nitrogens with one attached hydrogen (secondary N) is 1. The lowest BCUT2D eigenvalue weighted by Crippen LogP contribution is -2.43. The van der Waals surface area contributed by atoms with Crippen molar-refractivity contribution in [3.63, 3.8) is 0 Å². The Morgan fingerprint density at radius 3 is 2.62 bits per heavy atom. The molecule has 16 heavy (non-hydrogen) atoms. The van der Waals surface area contributed by atoms with Crippen molar-refractivity contribution in [3.05, 3.63) is 0 Å². The monoisotopic (exact) mass is 270 g/mol. The summed E-state index contributed by atoms with van der Waals surface area (Å²) in [6.07, 6.45) is -0.746. The summed E-state index contributed by atoms with van der Waals surface area (Å²) in [5.74, 6) is 0. The van der Waals surface area contributed by atoms with E-state index in [0.29, 0.717) is 13.0 Å². The minimum Gasteiger partial charge on any atom is -0.446 e. The van der Waals surface area contributed by atoms with Crippen LogP contribution in [0.5, 0.6) is 0 Å². The van der Waals surface area contributed by atoms with Gasteiger partial charge in [-0.25, -0.2) is 9.52 Å². The van der Waals surface area contributed by atoms with Gasteiger partial charge >= 0.3 is 16.3 Å². The maximum Gasteiger partial charge on any atom is 0.422 e. The molecule has 1 aliphatic rings. The first-order valence-corrected chi connectivity index (χ1v) is 6.81. The molecule has 0 aromatic carbocycles. The van der Waals surface area contributed by atoms with E-state index >= 15 is 0 Å². The maximum atomic E-state index is 11.6. The Balaban J connectivity index is 2.55. The number of carbonyl (C=O) groups is 1. The Morgan fingerprint density at radius 2 is 2.19 bits per heavy atom. The summed E-state index contributed by atoms with van der Waals surface area (Å²) in [4.78, 5) is 11.1. The number of nitrogens with zero attached hydrogens (tertiary/aromatic N) is 1. The second-order valence-electron chi connectivity index (χ2n) is 3.81. The average Bonchev–Trinajstić information content (AvgIpc) is 2.49. The molecule has 0 aliphatic carbocycles. The van der Waals surface area contributed by atoms with E-state index in [4.69, 9.17) is 11.6 Å². The van der Waals surface area contributed by atoms with Crippen molar-refractivity contribution in [2.45, 2.75) is 31.7 Å². The minimum absolute atomic E-state index is 0.197. The van der Waals surface area contributed by atoms with Crippen molar-refractivity contribution in [3.8, 4) is 0 Å². The molecule has 94 valence electrons. The smallest absolute Gasteiger partial charge is 0.422 e. The number of rotatable bonds is 3. The zero-order valence-electron chi connectivity index (χ0n) is 9.14. The van der Waals surface area contributed by atoms with E-state index in [-0.39, 0.29) is 18.0 Å². The second-order valence-corrected chi connectivity index (χ2v) is 6.09. The highest BCUT2D eigenvalue weighted by molar-refractivity contribution is 7.87. The lowest BCUT2D eigenvalue weighted by atomic mass is 10.4. The van der Waals surface area contributed by atoms with Crippen LogP contribution < -0.4 is 4.72 Å². The van der Waals surface area contributed by atoms with Crippen LogP contribution in [0, 0.1) is 0 Å². The predicted octanol–water partition coefficient (Wildman–Crippen LogP) is 0.679. The normalized spacial score (nSPS) is 22.4. The molecule has 1 aliphatic heterocycles. The van der Waals surface area contributed by atoms with E-state index in [2.05, 4.69) is 4.74 Å². The predicted molar refractivity (Wildman–Crippen MR) is 59.5 cm³/mol. The van der Waals surface area contributed by atoms with Crippen molar-refractivity contribution < 1.29 is 17.9 Å². The number of amides is 1. The molecule has 0 aromatic heterocycles. The molecule has 1 unspecified atom stereocenters. The van der Waals surface area contributed by atoms with E-state index in [9.17, 15) is 13.2 Å². The van der Waals surface area contributed by atoms with Crippen molar-refractivity contribution in [1.29, 1.82) is 0 Å². The van der Waals surface area contributed by atoms with Crippen LogP contribution >= 0.6 is 11.6 Å². The molecule has 8 heteroatoms. The number of halogens is 1. The lowest BCUT2D eigenvalue weighted by molar-refractivity contribution is 0.121. The molecule has 6 nitrogen and oxygen atoms in total. The zero-order chi connectivity index (χ0) is 12.3. The van der Waals surface area contributed by atoms with Crippen LogP contribution in [0.2, 0.25) is 0 Å². The fourth-order valence-electron chi connectivity index (χ4n) is 1.31. The van der Waals surface area contributed by atoms with E-state index < -0.39 is 16.3 Å². The molecule has 1 N–H and O–H groups in total. The van der Waals surface area contributed by atoms with Crippen molar-refractivity contribution in [1.82, 2.24) is 9.03 Å². The third-order valence-electron chi connectivity index (χ3n) is 1.99. The molecule has 1 rings (SSSR count). The van der Waals surface area contributed by atoms with E-state index in [0.717, 1.165) is 4.31 Å². The first kappa shape index (κ1) is 13.5. The molecule has 0 bridgehead atoms. The highest BCUT2D eigenvalue weighted by Crippen LogP contribution is 2.17. The minimum atomic E-state index is -3.81. The summed E-state index contributed by atoms with van der Waals surface area (Å²) in [5.41, 5.74) is 0. The van der Waals surface area contributed by atoms with Gasteiger partial charge in [0.05, 0.1) is 6.10 Å². The Hall–Kier alpha value is -0.530. The van der Waals surface area contributed by atoms with Gasteiger partial charge in [-0.15, -0.1) is 11.6 Å². The summed E-state index contributed by atoms with van der Waals surface area (Å²) in [6.45, 7) is 3.80. The molecule has 0 saturated carbocycles. The summed E-state index contributed by atoms with van der Waals surface area (Å²) < 4.78 is 30.9. The molecule has 0 aromatic rings. The molecule has 1 heterocycles. The van der Waals surface area contributed by atoms with Gasteiger partial charge in [0.25, 0.3) is 0 Å². The molecule has 1 saturated heterocycles. The second kappa shape index (κ2) is 5.20. The Morgan fingerprint density at radius 1 is 1.56 bits per heavy atom. The number of ether oxygens (including phenoxy) is 1. The van der Waals surface area contributed by atoms with Gasteiger partial charge in [0.15, 0.2) is 0 Å². The van der Waals surface area contributed by atoms with Gasteiger partial charge in [0, 0.05) is 18.5 Å². The van der Waals surface area contributed by atoms with Crippen LogP contribution in [0.1, 0.15) is 20.3 Å². The van der Waals surface area contributed by atoms with Crippen molar-refractivity contribution >= 4 is 27.9 Å². The summed E-state index contributed by atoms with van der Waals surface area (Å²) in [5, 5.41) is -0.197. The van der Waals surface area contributed by atoms with E-state index in [1.807, 2.05) is 4.72 Å². The molecular formula is C8H15ClN2O4S. The third-order valence-corrected chi connectivity index (χ3v) is 3.78. The van der Waals surface area contributed by atoms with Crippen molar-refractivity contribution in [2.24, 2.45) is 0 Å². The van der Waals surface area contributed by atoms with Gasteiger partial charge in [-0.1, -0.05) is 0 Å². The first-order valence-electron chi connectivity index (χ1n) is 4.94. The molecule has 1 amide bonds. The SMILES string of the molecule is CC(C)OC(=O)NS(=O)(=O)N1CCC(Cl)C1. The molecule has 1 atom stereocenters. The van der Waals surface area contributed by atoms with Crippen LogP contribution in [-0.2, 0) is 14.9 Å². The lowest BCUT2D eigenvalue weighted by Gasteiger charge is -2.16. The standard InChI is InChI=1S/C8H15ClN2O4S/c1-6(2)15-8(12)10-16(13,14)11-4-3-7(9)5-11/h6-7H,3-5H2,1-2H3,(H,10,12). The summed E-state index contributed by atoms with van der Waals surface area (Å²) in [6, 6.07) is 0. The quantitative estimate of drug-likeness (QED) is 0.765. The summed E-state index contributed by atoms with van der Waals surface area (Å²) >= 11 is 5.78. The van der Waals surface area contributed by atoms with E-state index in [1.165, 1.54) is 0 Å². The Bertz CT molecular complexity index is 357. The fraction of sp³-hybridized carbons (Fsp3) is 0.875. The summed E-state index contributed by atoms with van der Waals surface area (Å²) in [7, 11) is -3.81. The van der Waals surface area contributed by atoms with Crippen LogP contribution in [-0.4, -0.2) is 43.4 Å². The molecular weight excluding hydrogens is 256 g/mol. The van der Waals surface area contributed by atoms with Crippen LogP contribution in [0.25, 0.3) is 0 Å². The Labute approximate surface area is 100 Å². The van der Waals surface area contributed by atoms with Crippen LogP contribution in [0.15, 0.2) is 0 Å². The average molecular weight is 271 g/mol. The zero-order valence-corrected chi connectivity index (χ0v) is 10.7. The Kier molecular flexibility index (Phi) is 4.40. The van der Waals surface area contributed by atoms with Gasteiger partial charge in [0.2, 0.25) is 0 Å². The van der Waals surface area contributed by atoms with Crippen LogP contribution in [0.3, 0.4) is 0 Å². The van der Waals surface area contributed by atoms with Gasteiger partial charge < -0.3 is 4.74 Å². The fourth-order valence-corrected chi connectivity index (χ4v) is 2.77. The van der Waals surface area contributed by atoms with Gasteiger partial charge in [-0.2, -0.15) is 12.7 Å². The van der Waals surface area contributed by atoms with E-state index in [1.54, 1.807) is 13.8 Å². The molecule has 1 fully saturated rings. The number of carbonyl (C=O) groups excluding carboxylic acids is 1. The molecule has 0 spiro atoms. The third kappa shape index (κ3) is 3.80.